The van der Waals surface area contributed by atoms with Crippen molar-refractivity contribution in [3.63, 3.8) is 0 Å². The summed E-state index contributed by atoms with van der Waals surface area (Å²) in [5.74, 6) is 0.418. The molecule has 3 aromatic carbocycles. The fourth-order valence-electron chi connectivity index (χ4n) is 4.21. The first-order chi connectivity index (χ1) is 16.7. The minimum atomic E-state index is -0.105. The maximum absolute atomic E-state index is 11.7. The zero-order valence-electron chi connectivity index (χ0n) is 20.6. The van der Waals surface area contributed by atoms with Crippen LogP contribution in [0.2, 0.25) is 0 Å². The molecular weight excluding hydrogens is 436 g/mol. The molecule has 176 valence electrons. The van der Waals surface area contributed by atoms with Gasteiger partial charge in [0, 0.05) is 29.9 Å². The summed E-state index contributed by atoms with van der Waals surface area (Å²) in [6.07, 6.45) is 1.81. The molecule has 0 unspecified atom stereocenters. The number of nitrogens with zero attached hydrogens (tertiary/aromatic N) is 2. The van der Waals surface area contributed by atoms with Crippen LogP contribution in [0.1, 0.15) is 38.8 Å². The predicted molar refractivity (Wildman–Crippen MR) is 140 cm³/mol. The molecule has 2 N–H and O–H groups in total. The van der Waals surface area contributed by atoms with Crippen LogP contribution in [0.4, 0.5) is 5.69 Å². The molecule has 35 heavy (non-hydrogen) atoms. The van der Waals surface area contributed by atoms with Crippen molar-refractivity contribution >= 4 is 22.7 Å². The number of hydrogen-bond donors (Lipinski definition) is 2. The van der Waals surface area contributed by atoms with E-state index in [2.05, 4.69) is 60.6 Å². The second-order valence-corrected chi connectivity index (χ2v) is 9.91. The molecular formula is C29H28N4O2. The van der Waals surface area contributed by atoms with E-state index in [1.807, 2.05) is 49.5 Å². The zero-order valence-corrected chi connectivity index (χ0v) is 20.6. The Morgan fingerprint density at radius 2 is 1.77 bits per heavy atom. The van der Waals surface area contributed by atoms with Crippen LogP contribution in [-0.2, 0) is 10.2 Å². The van der Waals surface area contributed by atoms with Gasteiger partial charge in [-0.3, -0.25) is 9.89 Å². The smallest absolute Gasteiger partial charge is 0.231 e. The number of nitrogens with one attached hydrogen (secondary N) is 2. The van der Waals surface area contributed by atoms with Crippen LogP contribution in [0.25, 0.3) is 44.9 Å². The normalized spacial score (nSPS) is 11.7. The van der Waals surface area contributed by atoms with Gasteiger partial charge in [-0.25, -0.2) is 4.98 Å². The molecule has 6 nitrogen and oxygen atoms in total. The summed E-state index contributed by atoms with van der Waals surface area (Å²) in [5.41, 5.74) is 9.10. The fourth-order valence-corrected chi connectivity index (χ4v) is 4.21. The standard InChI is InChI=1S/C29H28N4O2/c1-17-9-11-24(31-18(2)34)22(13-17)19-7-6-8-20(14-19)27-23(16-30-33-27)28-32-25-15-21(29(3,4)5)10-12-26(25)35-28/h6-16H,1-5H3,(H,30,33)(H,31,34). The number of carbonyl (C=O) groups excluding carboxylic acids is 1. The summed E-state index contributed by atoms with van der Waals surface area (Å²) in [6, 6.07) is 20.3. The van der Waals surface area contributed by atoms with E-state index in [1.54, 1.807) is 0 Å². The van der Waals surface area contributed by atoms with Gasteiger partial charge in [-0.2, -0.15) is 5.10 Å². The third-order valence-corrected chi connectivity index (χ3v) is 6.06. The number of carbonyl (C=O) groups is 1. The van der Waals surface area contributed by atoms with Gasteiger partial charge in [-0.1, -0.05) is 56.7 Å². The number of aryl methyl sites for hydroxylation is 1. The molecule has 0 atom stereocenters. The molecule has 2 aromatic heterocycles. The molecule has 0 fully saturated rings. The molecule has 0 bridgehead atoms. The molecule has 0 spiro atoms. The van der Waals surface area contributed by atoms with E-state index in [4.69, 9.17) is 9.40 Å². The first-order valence-corrected chi connectivity index (χ1v) is 11.6. The van der Waals surface area contributed by atoms with Crippen molar-refractivity contribution in [3.05, 3.63) is 78.0 Å². The highest BCUT2D eigenvalue weighted by Crippen LogP contribution is 2.36. The lowest BCUT2D eigenvalue weighted by Gasteiger charge is -2.18. The number of fused-ring (bicyclic) bond motifs is 1. The quantitative estimate of drug-likeness (QED) is 0.297. The van der Waals surface area contributed by atoms with Crippen LogP contribution in [0.5, 0.6) is 0 Å². The SMILES string of the molecule is CC(=O)Nc1ccc(C)cc1-c1cccc(-c2n[nH]cc2-c2nc3cc(C(C)(C)C)ccc3o2)c1. The van der Waals surface area contributed by atoms with Crippen molar-refractivity contribution in [1.82, 2.24) is 15.2 Å². The van der Waals surface area contributed by atoms with Gasteiger partial charge in [0.2, 0.25) is 11.8 Å². The van der Waals surface area contributed by atoms with Crippen LogP contribution in [-0.4, -0.2) is 21.1 Å². The number of H-pyrrole nitrogens is 1. The van der Waals surface area contributed by atoms with Crippen LogP contribution in [0, 0.1) is 6.92 Å². The van der Waals surface area contributed by atoms with Gasteiger partial charge in [0.15, 0.2) is 5.58 Å². The molecule has 1 amide bonds. The van der Waals surface area contributed by atoms with E-state index < -0.39 is 0 Å². The van der Waals surface area contributed by atoms with Crippen molar-refractivity contribution in [2.45, 2.75) is 40.0 Å². The summed E-state index contributed by atoms with van der Waals surface area (Å²) in [7, 11) is 0. The lowest BCUT2D eigenvalue weighted by atomic mass is 9.87. The van der Waals surface area contributed by atoms with Crippen LogP contribution in [0.3, 0.4) is 0 Å². The average Bonchev–Trinajstić information content (AvgIpc) is 3.46. The Morgan fingerprint density at radius 1 is 0.971 bits per heavy atom. The van der Waals surface area contributed by atoms with E-state index in [-0.39, 0.29) is 11.3 Å². The number of benzene rings is 3. The Kier molecular flexibility index (Phi) is 5.52. The minimum Gasteiger partial charge on any atom is -0.436 e. The number of anilines is 1. The van der Waals surface area contributed by atoms with Crippen LogP contribution < -0.4 is 5.32 Å². The summed E-state index contributed by atoms with van der Waals surface area (Å²) in [5, 5.41) is 10.4. The number of oxazole rings is 1. The third kappa shape index (κ3) is 4.47. The fraction of sp³-hybridized carbons (Fsp3) is 0.207. The Morgan fingerprint density at radius 3 is 2.54 bits per heavy atom. The summed E-state index contributed by atoms with van der Waals surface area (Å²) >= 11 is 0. The molecule has 5 aromatic rings. The largest absolute Gasteiger partial charge is 0.436 e. The third-order valence-electron chi connectivity index (χ3n) is 6.06. The lowest BCUT2D eigenvalue weighted by Crippen LogP contribution is -2.10. The average molecular weight is 465 g/mol. The molecule has 0 aliphatic heterocycles. The van der Waals surface area contributed by atoms with Crippen LogP contribution >= 0.6 is 0 Å². The predicted octanol–water partition coefficient (Wildman–Crippen LogP) is 7.12. The first kappa shape index (κ1) is 22.6. The molecule has 0 aliphatic carbocycles. The van der Waals surface area contributed by atoms with Gasteiger partial charge in [0.05, 0.1) is 5.56 Å². The van der Waals surface area contributed by atoms with Gasteiger partial charge in [0.1, 0.15) is 11.2 Å². The molecule has 0 saturated heterocycles. The highest BCUT2D eigenvalue weighted by Gasteiger charge is 2.19. The Labute approximate surface area is 204 Å². The molecule has 6 heteroatoms. The van der Waals surface area contributed by atoms with Crippen molar-refractivity contribution < 1.29 is 9.21 Å². The number of aromatic nitrogens is 3. The van der Waals surface area contributed by atoms with Gasteiger partial charge >= 0.3 is 0 Å². The van der Waals surface area contributed by atoms with Crippen molar-refractivity contribution in [2.75, 3.05) is 5.32 Å². The highest BCUT2D eigenvalue weighted by atomic mass is 16.3. The number of aromatic amines is 1. The zero-order chi connectivity index (χ0) is 24.7. The topological polar surface area (TPSA) is 83.8 Å². The van der Waals surface area contributed by atoms with Gasteiger partial charge in [-0.15, -0.1) is 0 Å². The van der Waals surface area contributed by atoms with E-state index in [1.165, 1.54) is 12.5 Å². The minimum absolute atomic E-state index is 0.0282. The number of hydrogen-bond acceptors (Lipinski definition) is 4. The molecule has 5 rings (SSSR count). The van der Waals surface area contributed by atoms with E-state index in [9.17, 15) is 4.79 Å². The van der Waals surface area contributed by atoms with Crippen molar-refractivity contribution in [1.29, 1.82) is 0 Å². The maximum atomic E-state index is 11.7. The van der Waals surface area contributed by atoms with Crippen LogP contribution in [0.15, 0.2) is 71.3 Å². The van der Waals surface area contributed by atoms with Crippen molar-refractivity contribution in [2.24, 2.45) is 0 Å². The molecule has 2 heterocycles. The van der Waals surface area contributed by atoms with Gasteiger partial charge < -0.3 is 9.73 Å². The van der Waals surface area contributed by atoms with Crippen molar-refractivity contribution in [3.8, 4) is 33.8 Å². The molecule has 0 radical (unpaired) electrons. The Bertz CT molecular complexity index is 1550. The van der Waals surface area contributed by atoms with E-state index in [0.717, 1.165) is 50.3 Å². The van der Waals surface area contributed by atoms with Gasteiger partial charge in [0.25, 0.3) is 0 Å². The second kappa shape index (κ2) is 8.55. The number of amides is 1. The Hall–Kier alpha value is -4.19. The summed E-state index contributed by atoms with van der Waals surface area (Å²) in [4.78, 5) is 16.5. The highest BCUT2D eigenvalue weighted by molar-refractivity contribution is 5.95. The Balaban J connectivity index is 1.57. The first-order valence-electron chi connectivity index (χ1n) is 11.6. The molecule has 0 saturated carbocycles. The lowest BCUT2D eigenvalue weighted by molar-refractivity contribution is -0.114. The number of rotatable bonds is 4. The summed E-state index contributed by atoms with van der Waals surface area (Å²) in [6.45, 7) is 10.1. The van der Waals surface area contributed by atoms with E-state index >= 15 is 0 Å². The van der Waals surface area contributed by atoms with Gasteiger partial charge in [-0.05, 0) is 53.8 Å². The summed E-state index contributed by atoms with van der Waals surface area (Å²) < 4.78 is 6.12. The van der Waals surface area contributed by atoms with E-state index in [0.29, 0.717) is 5.89 Å². The second-order valence-electron chi connectivity index (χ2n) is 9.91. The monoisotopic (exact) mass is 464 g/mol. The molecule has 0 aliphatic rings. The maximum Gasteiger partial charge on any atom is 0.231 e.